The topological polar surface area (TPSA) is 66.5 Å². The molecule has 1 rings (SSSR count). The second-order valence-electron chi connectivity index (χ2n) is 4.17. The van der Waals surface area contributed by atoms with Gasteiger partial charge in [0.05, 0.1) is 6.10 Å². The molecule has 0 aliphatic heterocycles. The van der Waals surface area contributed by atoms with Crippen LogP contribution in [0.25, 0.3) is 0 Å². The van der Waals surface area contributed by atoms with E-state index in [-0.39, 0.29) is 6.10 Å². The van der Waals surface area contributed by atoms with Gasteiger partial charge in [-0.05, 0) is 44.4 Å². The smallest absolute Gasteiger partial charge is 0.102 e. The molecule has 1 aliphatic carbocycles. The first-order valence-corrected chi connectivity index (χ1v) is 5.30. The van der Waals surface area contributed by atoms with Gasteiger partial charge in [-0.25, -0.2) is 0 Å². The molecule has 0 aromatic carbocycles. The summed E-state index contributed by atoms with van der Waals surface area (Å²) in [5.74, 6) is 0.752. The lowest BCUT2D eigenvalue weighted by molar-refractivity contribution is 0.103. The van der Waals surface area contributed by atoms with Crippen LogP contribution in [-0.2, 0) is 0 Å². The normalized spacial score (nSPS) is 31.6. The molecule has 78 valence electrons. The molecule has 1 atom stereocenters. The second kappa shape index (κ2) is 5.58. The highest BCUT2D eigenvalue weighted by Crippen LogP contribution is 2.28. The van der Waals surface area contributed by atoms with E-state index in [0.717, 1.165) is 44.4 Å². The quantitative estimate of drug-likeness (QED) is 0.575. The Hall–Kier alpha value is -0.120. The molecule has 0 bridgehead atoms. The van der Waals surface area contributed by atoms with E-state index in [1.165, 1.54) is 0 Å². The van der Waals surface area contributed by atoms with E-state index in [1.807, 2.05) is 0 Å². The summed E-state index contributed by atoms with van der Waals surface area (Å²) in [5, 5.41) is 18.1. The first-order chi connectivity index (χ1) is 6.18. The Balaban J connectivity index is 2.02. The van der Waals surface area contributed by atoms with Gasteiger partial charge in [0.1, 0.15) is 6.23 Å². The van der Waals surface area contributed by atoms with E-state index in [1.54, 1.807) is 0 Å². The Bertz CT molecular complexity index is 131. The molecule has 4 N–H and O–H groups in total. The molecule has 0 aromatic rings. The van der Waals surface area contributed by atoms with Gasteiger partial charge in [-0.2, -0.15) is 0 Å². The van der Waals surface area contributed by atoms with Crippen molar-refractivity contribution < 1.29 is 10.2 Å². The van der Waals surface area contributed by atoms with Gasteiger partial charge in [-0.1, -0.05) is 6.42 Å². The van der Waals surface area contributed by atoms with Crippen LogP contribution in [0.5, 0.6) is 0 Å². The molecule has 0 amide bonds. The summed E-state index contributed by atoms with van der Waals surface area (Å²) in [6, 6.07) is 0. The molecule has 1 unspecified atom stereocenters. The van der Waals surface area contributed by atoms with Crippen molar-refractivity contribution in [1.29, 1.82) is 0 Å². The predicted molar refractivity (Wildman–Crippen MR) is 52.0 cm³/mol. The molecule has 1 saturated carbocycles. The minimum atomic E-state index is -0.644. The Morgan fingerprint density at radius 3 is 2.38 bits per heavy atom. The maximum absolute atomic E-state index is 9.28. The zero-order valence-electron chi connectivity index (χ0n) is 8.15. The van der Waals surface area contributed by atoms with Crippen LogP contribution in [0.1, 0.15) is 44.9 Å². The Morgan fingerprint density at radius 1 is 1.23 bits per heavy atom. The van der Waals surface area contributed by atoms with E-state index in [2.05, 4.69) is 0 Å². The van der Waals surface area contributed by atoms with Crippen LogP contribution in [0.3, 0.4) is 0 Å². The Morgan fingerprint density at radius 2 is 1.85 bits per heavy atom. The van der Waals surface area contributed by atoms with Crippen LogP contribution in [-0.4, -0.2) is 22.5 Å². The summed E-state index contributed by atoms with van der Waals surface area (Å²) in [6.07, 6.45) is 6.36. The molecule has 13 heavy (non-hydrogen) atoms. The van der Waals surface area contributed by atoms with E-state index < -0.39 is 6.23 Å². The Kier molecular flexibility index (Phi) is 4.70. The molecule has 0 heterocycles. The zero-order chi connectivity index (χ0) is 9.68. The van der Waals surface area contributed by atoms with Crippen molar-refractivity contribution in [2.24, 2.45) is 11.7 Å². The fraction of sp³-hybridized carbons (Fsp3) is 1.00. The van der Waals surface area contributed by atoms with Gasteiger partial charge in [0.15, 0.2) is 0 Å². The minimum Gasteiger partial charge on any atom is -0.393 e. The molecule has 0 saturated heterocycles. The highest BCUT2D eigenvalue weighted by molar-refractivity contribution is 4.71. The number of hydrogen-bond donors (Lipinski definition) is 3. The van der Waals surface area contributed by atoms with Crippen molar-refractivity contribution in [3.05, 3.63) is 0 Å². The van der Waals surface area contributed by atoms with Gasteiger partial charge in [-0.15, -0.1) is 0 Å². The van der Waals surface area contributed by atoms with Gasteiger partial charge in [0.25, 0.3) is 0 Å². The van der Waals surface area contributed by atoms with Crippen LogP contribution in [0.15, 0.2) is 0 Å². The largest absolute Gasteiger partial charge is 0.393 e. The number of hydrogen-bond acceptors (Lipinski definition) is 3. The van der Waals surface area contributed by atoms with Gasteiger partial charge in [-0.3, -0.25) is 0 Å². The van der Waals surface area contributed by atoms with Crippen LogP contribution >= 0.6 is 0 Å². The third-order valence-electron chi connectivity index (χ3n) is 2.93. The summed E-state index contributed by atoms with van der Waals surface area (Å²) >= 11 is 0. The fourth-order valence-corrected chi connectivity index (χ4v) is 2.05. The molecule has 3 nitrogen and oxygen atoms in total. The van der Waals surface area contributed by atoms with Crippen molar-refractivity contribution in [3.8, 4) is 0 Å². The number of aliphatic hydroxyl groups excluding tert-OH is 2. The first kappa shape index (κ1) is 11.0. The van der Waals surface area contributed by atoms with Crippen molar-refractivity contribution in [2.45, 2.75) is 57.3 Å². The monoisotopic (exact) mass is 187 g/mol. The third kappa shape index (κ3) is 4.60. The van der Waals surface area contributed by atoms with Gasteiger partial charge < -0.3 is 15.9 Å². The number of aliphatic hydroxyl groups is 2. The summed E-state index contributed by atoms with van der Waals surface area (Å²) in [6.45, 7) is 0. The summed E-state index contributed by atoms with van der Waals surface area (Å²) in [7, 11) is 0. The minimum absolute atomic E-state index is 0.0589. The number of nitrogens with two attached hydrogens (primary N) is 1. The molecule has 0 aromatic heterocycles. The van der Waals surface area contributed by atoms with Crippen molar-refractivity contribution in [2.75, 3.05) is 0 Å². The lowest BCUT2D eigenvalue weighted by Gasteiger charge is -2.25. The molecular formula is C10H21NO2. The predicted octanol–water partition coefficient (Wildman–Crippen LogP) is 0.985. The molecule has 1 fully saturated rings. The zero-order valence-corrected chi connectivity index (χ0v) is 8.15. The molecule has 3 heteroatoms. The fourth-order valence-electron chi connectivity index (χ4n) is 2.05. The lowest BCUT2D eigenvalue weighted by atomic mass is 9.84. The van der Waals surface area contributed by atoms with E-state index in [9.17, 15) is 5.11 Å². The SMILES string of the molecule is NC(O)CCCC1CCC(O)CC1. The molecule has 0 spiro atoms. The first-order valence-electron chi connectivity index (χ1n) is 5.30. The van der Waals surface area contributed by atoms with Crippen molar-refractivity contribution in [3.63, 3.8) is 0 Å². The van der Waals surface area contributed by atoms with E-state index in [0.29, 0.717) is 6.42 Å². The van der Waals surface area contributed by atoms with Crippen molar-refractivity contribution in [1.82, 2.24) is 0 Å². The average molecular weight is 187 g/mol. The highest BCUT2D eigenvalue weighted by Gasteiger charge is 2.18. The summed E-state index contributed by atoms with van der Waals surface area (Å²) in [5.41, 5.74) is 5.25. The van der Waals surface area contributed by atoms with Gasteiger partial charge in [0.2, 0.25) is 0 Å². The van der Waals surface area contributed by atoms with Crippen LogP contribution in [0.2, 0.25) is 0 Å². The maximum Gasteiger partial charge on any atom is 0.102 e. The standard InChI is InChI=1S/C10H21NO2/c11-10(13)3-1-2-8-4-6-9(12)7-5-8/h8-10,12-13H,1-7,11H2. The molecule has 1 aliphatic rings. The second-order valence-corrected chi connectivity index (χ2v) is 4.17. The van der Waals surface area contributed by atoms with Crippen molar-refractivity contribution >= 4 is 0 Å². The van der Waals surface area contributed by atoms with Crippen LogP contribution in [0.4, 0.5) is 0 Å². The number of rotatable bonds is 4. The summed E-state index contributed by atoms with van der Waals surface area (Å²) < 4.78 is 0. The van der Waals surface area contributed by atoms with Gasteiger partial charge in [0, 0.05) is 0 Å². The third-order valence-corrected chi connectivity index (χ3v) is 2.93. The van der Waals surface area contributed by atoms with Crippen LogP contribution < -0.4 is 5.73 Å². The highest BCUT2D eigenvalue weighted by atomic mass is 16.3. The Labute approximate surface area is 79.9 Å². The lowest BCUT2D eigenvalue weighted by Crippen LogP contribution is -2.20. The van der Waals surface area contributed by atoms with E-state index in [4.69, 9.17) is 10.8 Å². The molecule has 0 radical (unpaired) electrons. The van der Waals surface area contributed by atoms with Crippen LogP contribution in [0, 0.1) is 5.92 Å². The molecular weight excluding hydrogens is 166 g/mol. The van der Waals surface area contributed by atoms with E-state index >= 15 is 0 Å². The summed E-state index contributed by atoms with van der Waals surface area (Å²) in [4.78, 5) is 0. The maximum atomic E-state index is 9.28. The average Bonchev–Trinajstić information content (AvgIpc) is 2.08. The van der Waals surface area contributed by atoms with Gasteiger partial charge >= 0.3 is 0 Å².